The first-order chi connectivity index (χ1) is 16.6. The summed E-state index contributed by atoms with van der Waals surface area (Å²) in [7, 11) is 3.21. The number of fused-ring (bicyclic) bond motifs is 3. The average Bonchev–Trinajstić information content (AvgIpc) is 3.04. The minimum Gasteiger partial charge on any atom is -0.493 e. The van der Waals surface area contributed by atoms with Crippen molar-refractivity contribution < 1.29 is 14.2 Å². The van der Waals surface area contributed by atoms with E-state index >= 15 is 0 Å². The molecule has 4 aromatic rings. The number of rotatable bonds is 6. The molecule has 172 valence electrons. The van der Waals surface area contributed by atoms with Crippen LogP contribution in [0.25, 0.3) is 11.3 Å². The van der Waals surface area contributed by atoms with Crippen molar-refractivity contribution in [2.24, 2.45) is 0 Å². The SMILES string of the molecule is COc1ccc([C@H]2Nc3ccccc3-c3nnc(SCc4ccc(Cl)cc4)nc3O2)cc1OC. The Hall–Kier alpha value is -3.49. The van der Waals surface area contributed by atoms with Gasteiger partial charge in [0, 0.05) is 27.6 Å². The number of methoxy groups -OCH3 is 2. The third-order valence-corrected chi connectivity index (χ3v) is 6.49. The molecular weight excluding hydrogens is 472 g/mol. The van der Waals surface area contributed by atoms with Crippen molar-refractivity contribution >= 4 is 29.1 Å². The van der Waals surface area contributed by atoms with Crippen LogP contribution >= 0.6 is 23.4 Å². The topological polar surface area (TPSA) is 78.4 Å². The normalized spacial score (nSPS) is 14.1. The quantitative estimate of drug-likeness (QED) is 0.328. The molecule has 0 saturated carbocycles. The first-order valence-electron chi connectivity index (χ1n) is 10.5. The van der Waals surface area contributed by atoms with Crippen LogP contribution in [0.2, 0.25) is 5.02 Å². The average molecular weight is 493 g/mol. The van der Waals surface area contributed by atoms with Gasteiger partial charge in [0.05, 0.1) is 14.2 Å². The zero-order valence-corrected chi connectivity index (χ0v) is 20.1. The van der Waals surface area contributed by atoms with Crippen LogP contribution in [0, 0.1) is 0 Å². The van der Waals surface area contributed by atoms with Crippen molar-refractivity contribution in [1.82, 2.24) is 15.2 Å². The zero-order valence-electron chi connectivity index (χ0n) is 18.5. The van der Waals surface area contributed by atoms with Crippen molar-refractivity contribution in [1.29, 1.82) is 0 Å². The molecule has 1 aliphatic rings. The summed E-state index contributed by atoms with van der Waals surface area (Å²) in [5.74, 6) is 2.35. The molecule has 0 spiro atoms. The third-order valence-electron chi connectivity index (χ3n) is 5.33. The highest BCUT2D eigenvalue weighted by molar-refractivity contribution is 7.98. The first kappa shape index (κ1) is 22.3. The predicted molar refractivity (Wildman–Crippen MR) is 133 cm³/mol. The lowest BCUT2D eigenvalue weighted by Gasteiger charge is -2.20. The summed E-state index contributed by atoms with van der Waals surface area (Å²) in [6.07, 6.45) is -0.520. The van der Waals surface area contributed by atoms with Crippen LogP contribution in [0.4, 0.5) is 5.69 Å². The van der Waals surface area contributed by atoms with Crippen LogP contribution in [0.1, 0.15) is 17.4 Å². The molecule has 0 saturated heterocycles. The van der Waals surface area contributed by atoms with Gasteiger partial charge in [-0.3, -0.25) is 0 Å². The molecule has 0 bridgehead atoms. The molecule has 1 aliphatic heterocycles. The Labute approximate surface area is 206 Å². The number of halogens is 1. The first-order valence-corrected chi connectivity index (χ1v) is 11.9. The number of thioether (sulfide) groups is 1. The number of benzene rings is 3. The number of nitrogens with one attached hydrogen (secondary N) is 1. The molecule has 1 aromatic heterocycles. The molecule has 5 rings (SSSR count). The zero-order chi connectivity index (χ0) is 23.5. The molecule has 34 heavy (non-hydrogen) atoms. The molecule has 3 aromatic carbocycles. The molecule has 0 aliphatic carbocycles. The molecule has 2 heterocycles. The van der Waals surface area contributed by atoms with Crippen molar-refractivity contribution in [3.63, 3.8) is 0 Å². The van der Waals surface area contributed by atoms with Gasteiger partial charge < -0.3 is 19.5 Å². The molecule has 0 amide bonds. The van der Waals surface area contributed by atoms with E-state index in [2.05, 4.69) is 15.5 Å². The van der Waals surface area contributed by atoms with Crippen molar-refractivity contribution in [2.45, 2.75) is 17.1 Å². The van der Waals surface area contributed by atoms with E-state index in [1.165, 1.54) is 11.8 Å². The summed E-state index contributed by atoms with van der Waals surface area (Å²) in [5, 5.41) is 13.5. The molecular formula is C25H21ClN4O3S. The monoisotopic (exact) mass is 492 g/mol. The van der Waals surface area contributed by atoms with Gasteiger partial charge in [-0.2, -0.15) is 4.98 Å². The lowest BCUT2D eigenvalue weighted by Crippen LogP contribution is -2.17. The molecule has 7 nitrogen and oxygen atoms in total. The maximum Gasteiger partial charge on any atom is 0.247 e. The molecule has 9 heteroatoms. The minimum absolute atomic E-state index is 0.408. The highest BCUT2D eigenvalue weighted by atomic mass is 35.5. The van der Waals surface area contributed by atoms with E-state index in [0.717, 1.165) is 22.4 Å². The van der Waals surface area contributed by atoms with Crippen LogP contribution < -0.4 is 19.5 Å². The fourth-order valence-electron chi connectivity index (χ4n) is 3.60. The molecule has 0 unspecified atom stereocenters. The lowest BCUT2D eigenvalue weighted by atomic mass is 10.1. The number of aromatic nitrogens is 3. The number of para-hydroxylation sites is 1. The van der Waals surface area contributed by atoms with Gasteiger partial charge in [0.2, 0.25) is 11.0 Å². The Morgan fingerprint density at radius 1 is 0.971 bits per heavy atom. The van der Waals surface area contributed by atoms with Crippen molar-refractivity contribution in [3.8, 4) is 28.6 Å². The van der Waals surface area contributed by atoms with Gasteiger partial charge in [-0.05, 0) is 42.0 Å². The van der Waals surface area contributed by atoms with Gasteiger partial charge in [0.1, 0.15) is 0 Å². The fraction of sp³-hybridized carbons (Fsp3) is 0.160. The van der Waals surface area contributed by atoms with E-state index in [-0.39, 0.29) is 0 Å². The Bertz CT molecular complexity index is 1320. The summed E-state index contributed by atoms with van der Waals surface area (Å²) in [6, 6.07) is 21.2. The Morgan fingerprint density at radius 2 is 1.76 bits per heavy atom. The number of hydrogen-bond acceptors (Lipinski definition) is 8. The van der Waals surface area contributed by atoms with Crippen LogP contribution in [-0.2, 0) is 5.75 Å². The van der Waals surface area contributed by atoms with Gasteiger partial charge in [0.25, 0.3) is 0 Å². The number of hydrogen-bond donors (Lipinski definition) is 1. The van der Waals surface area contributed by atoms with Crippen molar-refractivity contribution in [2.75, 3.05) is 19.5 Å². The molecule has 1 N–H and O–H groups in total. The Kier molecular flexibility index (Phi) is 6.42. The van der Waals surface area contributed by atoms with Gasteiger partial charge in [-0.1, -0.05) is 53.7 Å². The Morgan fingerprint density at radius 3 is 2.56 bits per heavy atom. The minimum atomic E-state index is -0.520. The van der Waals surface area contributed by atoms with Gasteiger partial charge in [-0.25, -0.2) is 0 Å². The van der Waals surface area contributed by atoms with E-state index in [9.17, 15) is 0 Å². The van der Waals surface area contributed by atoms with E-state index in [1.807, 2.05) is 66.7 Å². The maximum atomic E-state index is 6.36. The third kappa shape index (κ3) is 4.60. The van der Waals surface area contributed by atoms with Gasteiger partial charge in [0.15, 0.2) is 23.4 Å². The Balaban J connectivity index is 1.48. The molecule has 1 atom stereocenters. The predicted octanol–water partition coefficient (Wildman–Crippen LogP) is 6.00. The number of nitrogens with zero attached hydrogens (tertiary/aromatic N) is 3. The van der Waals surface area contributed by atoms with E-state index < -0.39 is 6.23 Å². The van der Waals surface area contributed by atoms with Crippen LogP contribution in [0.5, 0.6) is 17.4 Å². The van der Waals surface area contributed by atoms with Crippen molar-refractivity contribution in [3.05, 3.63) is 82.9 Å². The van der Waals surface area contributed by atoms with Crippen LogP contribution in [0.15, 0.2) is 71.9 Å². The van der Waals surface area contributed by atoms with E-state index in [1.54, 1.807) is 14.2 Å². The van der Waals surface area contributed by atoms with Crippen LogP contribution in [0.3, 0.4) is 0 Å². The largest absolute Gasteiger partial charge is 0.493 e. The summed E-state index contributed by atoms with van der Waals surface area (Å²) >= 11 is 7.47. The lowest BCUT2D eigenvalue weighted by molar-refractivity contribution is 0.224. The second kappa shape index (κ2) is 9.79. The van der Waals surface area contributed by atoms with E-state index in [0.29, 0.717) is 39.0 Å². The van der Waals surface area contributed by atoms with E-state index in [4.69, 9.17) is 30.8 Å². The number of ether oxygens (including phenoxy) is 3. The molecule has 0 radical (unpaired) electrons. The second-order valence-corrected chi connectivity index (χ2v) is 8.84. The highest BCUT2D eigenvalue weighted by Gasteiger charge is 2.26. The summed E-state index contributed by atoms with van der Waals surface area (Å²) in [5.41, 5.74) is 4.30. The summed E-state index contributed by atoms with van der Waals surface area (Å²) < 4.78 is 17.2. The maximum absolute atomic E-state index is 6.36. The van der Waals surface area contributed by atoms with Gasteiger partial charge in [-0.15, -0.1) is 10.2 Å². The standard InChI is InChI=1S/C25H21ClN4O3S/c1-31-20-12-9-16(13-21(20)32-2)23-27-19-6-4-3-5-18(19)22-24(33-23)28-25(30-29-22)34-14-15-7-10-17(26)11-8-15/h3-13,23,27H,14H2,1-2H3/t23-/m0/s1. The fourth-order valence-corrected chi connectivity index (χ4v) is 4.46. The summed E-state index contributed by atoms with van der Waals surface area (Å²) in [6.45, 7) is 0. The number of anilines is 1. The second-order valence-electron chi connectivity index (χ2n) is 7.47. The van der Waals surface area contributed by atoms with Gasteiger partial charge >= 0.3 is 0 Å². The summed E-state index contributed by atoms with van der Waals surface area (Å²) in [4.78, 5) is 4.70. The molecule has 0 fully saturated rings. The van der Waals surface area contributed by atoms with Crippen LogP contribution in [-0.4, -0.2) is 29.4 Å². The smallest absolute Gasteiger partial charge is 0.247 e. The highest BCUT2D eigenvalue weighted by Crippen LogP contribution is 2.41.